The van der Waals surface area contributed by atoms with Crippen molar-refractivity contribution in [2.24, 2.45) is 0 Å². The lowest BCUT2D eigenvalue weighted by molar-refractivity contribution is -0.405. The minimum Gasteiger partial charge on any atom is -0.477 e. The Morgan fingerprint density at radius 3 is 1.44 bits per heavy atom. The van der Waals surface area contributed by atoms with E-state index >= 15 is 0 Å². The Morgan fingerprint density at radius 2 is 0.906 bits per heavy atom. The van der Waals surface area contributed by atoms with Crippen molar-refractivity contribution in [3.63, 3.8) is 0 Å². The first kappa shape index (κ1) is 102. The van der Waals surface area contributed by atoms with E-state index in [1.54, 1.807) is 6.08 Å². The first-order valence-electron chi connectivity index (χ1n) is 42.5. The van der Waals surface area contributed by atoms with E-state index in [1.807, 2.05) is 0 Å². The Labute approximate surface area is 684 Å². The number of carbonyl (C=O) groups excluding carboxylic acids is 3. The molecule has 38 heteroatoms. The maximum absolute atomic E-state index is 14.0. The summed E-state index contributed by atoms with van der Waals surface area (Å²) in [6, 6.07) is -4.98. The normalized spacial score (nSPS) is 36.6. The van der Waals surface area contributed by atoms with E-state index in [2.05, 4.69) is 29.8 Å². The summed E-state index contributed by atoms with van der Waals surface area (Å²) in [6.45, 7) is 1.26. The number of carbonyl (C=O) groups is 4. The van der Waals surface area contributed by atoms with Crippen LogP contribution in [0, 0.1) is 0 Å². The van der Waals surface area contributed by atoms with E-state index < -0.39 is 272 Å². The first-order valence-corrected chi connectivity index (χ1v) is 42.5. The predicted molar refractivity (Wildman–Crippen MR) is 410 cm³/mol. The molecule has 6 aliphatic rings. The van der Waals surface area contributed by atoms with E-state index in [0.29, 0.717) is 12.8 Å². The number of aliphatic carboxylic acids is 1. The molecule has 0 spiro atoms. The van der Waals surface area contributed by atoms with Gasteiger partial charge in [-0.1, -0.05) is 180 Å². The molecule has 0 aromatic heterocycles. The highest BCUT2D eigenvalue weighted by Gasteiger charge is 2.63. The summed E-state index contributed by atoms with van der Waals surface area (Å²) in [5.41, 5.74) is 0. The van der Waals surface area contributed by atoms with Crippen LogP contribution in [0.1, 0.15) is 221 Å². The first-order chi connectivity index (χ1) is 56.0. The number of aliphatic hydroxyl groups excluding tert-OH is 18. The largest absolute Gasteiger partial charge is 0.477 e. The Hall–Kier alpha value is -3.58. The molecule has 38 nitrogen and oxygen atoms in total. The molecule has 117 heavy (non-hydrogen) atoms. The molecule has 6 fully saturated rings. The number of carboxylic acids is 1. The lowest BCUT2D eigenvalue weighted by atomic mass is 9.88. The average molecular weight is 1690 g/mol. The third kappa shape index (κ3) is 30.4. The van der Waals surface area contributed by atoms with Crippen molar-refractivity contribution < 1.29 is 173 Å². The monoisotopic (exact) mass is 1690 g/mol. The van der Waals surface area contributed by atoms with Gasteiger partial charge in [-0.25, -0.2) is 4.79 Å². The average Bonchev–Trinajstić information content (AvgIpc) is 0.748. The zero-order valence-electron chi connectivity index (χ0n) is 68.4. The standard InChI is InChI=1S/C79H141N3O35/c1-6-8-10-12-14-16-18-20-21-23-25-27-29-31-33-35-54(93)82-46(47(90)34-32-30-28-26-24-22-19-17-15-13-11-9-7-2)42-106-74-65(102)63(100)67(52(40-86)110-74)112-76-66(103)71(117-79(78(104)105)36-48(91)55(80-44(4)88)70(116-79)58(95)49(92)37-83)68(53(41-87)111-76)113-73-56(81-45(5)89)69(60(97)51(39-85)108-73)114-77-72(62(99)59(96)50(38-84)109-77)115-75-64(101)61(98)57(94)43(3)107-75/h32,34,43,46-53,55-77,83-87,90-92,94-103H,6-31,33,35-42H2,1-5H3,(H,80,88)(H,81,89)(H,82,93)(H,104,105)/b34-32+/t43-,46+,47-,48+,49-,50-,51-,52-,53-,55-,56-,57+,58-,59+,60+,61+,62+,63-,64-,65-,66-,67-,68+,69-,70-,71-,72-,73+,74-,75-,76+,77+,79+/m1/s1. The molecule has 22 N–H and O–H groups in total. The third-order valence-corrected chi connectivity index (χ3v) is 22.7. The molecule has 33 atom stereocenters. The van der Waals surface area contributed by atoms with Crippen LogP contribution in [0.3, 0.4) is 0 Å². The van der Waals surface area contributed by atoms with Crippen molar-refractivity contribution in [3.8, 4) is 0 Å². The van der Waals surface area contributed by atoms with Crippen LogP contribution in [0.5, 0.6) is 0 Å². The van der Waals surface area contributed by atoms with E-state index in [-0.39, 0.29) is 6.42 Å². The van der Waals surface area contributed by atoms with Gasteiger partial charge in [-0.2, -0.15) is 0 Å². The smallest absolute Gasteiger partial charge is 0.364 e. The minimum atomic E-state index is -3.44. The molecule has 0 unspecified atom stereocenters. The van der Waals surface area contributed by atoms with E-state index in [4.69, 9.17) is 56.8 Å². The number of carboxylic acid groups (broad SMARTS) is 1. The number of ether oxygens (including phenoxy) is 12. The second-order valence-corrected chi connectivity index (χ2v) is 32.1. The molecule has 6 saturated heterocycles. The van der Waals surface area contributed by atoms with Gasteiger partial charge in [0.25, 0.3) is 5.79 Å². The number of allylic oxidation sites excluding steroid dienone is 1. The Bertz CT molecular complexity index is 2810. The third-order valence-electron chi connectivity index (χ3n) is 22.7. The molecule has 6 rings (SSSR count). The van der Waals surface area contributed by atoms with E-state index in [9.17, 15) is 116 Å². The van der Waals surface area contributed by atoms with Crippen LogP contribution in [0.15, 0.2) is 12.2 Å². The van der Waals surface area contributed by atoms with Gasteiger partial charge in [0.05, 0.1) is 70.0 Å². The van der Waals surface area contributed by atoms with E-state index in [1.165, 1.54) is 109 Å². The summed E-state index contributed by atoms with van der Waals surface area (Å²) < 4.78 is 72.6. The molecule has 6 heterocycles. The van der Waals surface area contributed by atoms with Crippen LogP contribution in [-0.2, 0) is 76.0 Å². The lowest BCUT2D eigenvalue weighted by Crippen LogP contribution is -2.72. The number of amides is 3. The lowest BCUT2D eigenvalue weighted by Gasteiger charge is -2.53. The molecule has 3 amide bonds. The van der Waals surface area contributed by atoms with Gasteiger partial charge in [0.1, 0.15) is 134 Å². The van der Waals surface area contributed by atoms with Crippen LogP contribution >= 0.6 is 0 Å². The molecule has 0 bridgehead atoms. The van der Waals surface area contributed by atoms with Gasteiger partial charge in [-0.15, -0.1) is 0 Å². The molecule has 0 radical (unpaired) electrons. The van der Waals surface area contributed by atoms with Crippen molar-refractivity contribution in [1.82, 2.24) is 16.0 Å². The fourth-order valence-electron chi connectivity index (χ4n) is 15.7. The van der Waals surface area contributed by atoms with Gasteiger partial charge in [-0.3, -0.25) is 14.4 Å². The highest BCUT2D eigenvalue weighted by Crippen LogP contribution is 2.42. The van der Waals surface area contributed by atoms with Gasteiger partial charge in [-0.05, 0) is 26.2 Å². The number of rotatable bonds is 54. The van der Waals surface area contributed by atoms with Crippen LogP contribution in [0.2, 0.25) is 0 Å². The van der Waals surface area contributed by atoms with Crippen molar-refractivity contribution >= 4 is 23.7 Å². The van der Waals surface area contributed by atoms with Crippen molar-refractivity contribution in [3.05, 3.63) is 12.2 Å². The molecule has 6 aliphatic heterocycles. The van der Waals surface area contributed by atoms with Crippen molar-refractivity contribution in [2.45, 2.75) is 423 Å². The van der Waals surface area contributed by atoms with Gasteiger partial charge in [0.15, 0.2) is 31.5 Å². The SMILES string of the molecule is CCCCCCCCCCCCC/C=C/[C@@H](O)[C@H](CO[C@@H]1O[C@H](CO)[C@@H](O[C@@H]2O[C@H](CO)[C@H](O[C@@H]3O[C@H](CO)[C@H](O)[C@H](O[C@@H]4O[C@H](CO)[C@H](O)[C@H](O)[C@H]4O[C@H]4O[C@H](C)[C@H](O)[C@H](O)[C@H]4O)[C@H]3NC(C)=O)[C@H](O[C@]3(C(=O)O)C[C@H](O)[C@@H](NC(C)=O)[C@H]([C@H](O)[C@H](O)CO)O3)[C@H]2O)[C@H](O)[C@H]1O)NC(=O)CCCCCCCCCCCCCCCCC. The molecule has 0 aromatic carbocycles. The Balaban J connectivity index is 1.27. The Kier molecular flexibility index (Phi) is 46.2. The number of aliphatic hydroxyl groups is 18. The maximum Gasteiger partial charge on any atom is 0.364 e. The summed E-state index contributed by atoms with van der Waals surface area (Å²) in [5.74, 6) is -7.89. The predicted octanol–water partition coefficient (Wildman–Crippen LogP) is -2.19. The number of nitrogens with one attached hydrogen (secondary N) is 3. The van der Waals surface area contributed by atoms with E-state index in [0.717, 1.165) is 78.1 Å². The molecule has 0 aromatic rings. The van der Waals surface area contributed by atoms with Crippen molar-refractivity contribution in [2.75, 3.05) is 39.6 Å². The molecule has 0 saturated carbocycles. The number of hydrogen-bond donors (Lipinski definition) is 22. The van der Waals surface area contributed by atoms with Gasteiger partial charge < -0.3 is 170 Å². The van der Waals surface area contributed by atoms with Gasteiger partial charge in [0, 0.05) is 26.7 Å². The van der Waals surface area contributed by atoms with Crippen LogP contribution in [-0.4, -0.2) is 362 Å². The molecular weight excluding hydrogens is 1550 g/mol. The topological polar surface area (TPSA) is 600 Å². The minimum absolute atomic E-state index is 0.118. The second-order valence-electron chi connectivity index (χ2n) is 32.1. The van der Waals surface area contributed by atoms with Crippen LogP contribution in [0.4, 0.5) is 0 Å². The quantitative estimate of drug-likeness (QED) is 0.0227. The zero-order valence-corrected chi connectivity index (χ0v) is 68.4. The fourth-order valence-corrected chi connectivity index (χ4v) is 15.7. The number of hydrogen-bond acceptors (Lipinski definition) is 34. The Morgan fingerprint density at radius 1 is 0.462 bits per heavy atom. The summed E-state index contributed by atoms with van der Waals surface area (Å²) in [7, 11) is 0. The highest BCUT2D eigenvalue weighted by atomic mass is 16.8. The summed E-state index contributed by atoms with van der Waals surface area (Å²) in [6.07, 6.45) is -27.5. The summed E-state index contributed by atoms with van der Waals surface area (Å²) >= 11 is 0. The van der Waals surface area contributed by atoms with Crippen LogP contribution in [0.25, 0.3) is 0 Å². The van der Waals surface area contributed by atoms with Crippen molar-refractivity contribution in [1.29, 1.82) is 0 Å². The van der Waals surface area contributed by atoms with Crippen LogP contribution < -0.4 is 16.0 Å². The zero-order chi connectivity index (χ0) is 86.1. The highest BCUT2D eigenvalue weighted by molar-refractivity contribution is 5.77. The van der Waals surface area contributed by atoms with Gasteiger partial charge >= 0.3 is 5.97 Å². The number of unbranched alkanes of at least 4 members (excludes halogenated alkanes) is 25. The summed E-state index contributed by atoms with van der Waals surface area (Å²) in [5, 5.41) is 221. The summed E-state index contributed by atoms with van der Waals surface area (Å²) in [4.78, 5) is 53.6. The van der Waals surface area contributed by atoms with Gasteiger partial charge in [0.2, 0.25) is 17.7 Å². The molecular formula is C79H141N3O35. The molecule has 682 valence electrons. The second kappa shape index (κ2) is 52.9. The molecule has 0 aliphatic carbocycles. The maximum atomic E-state index is 14.0. The fraction of sp³-hybridized carbons (Fsp3) is 0.924.